The summed E-state index contributed by atoms with van der Waals surface area (Å²) in [5.74, 6) is 0.560. The van der Waals surface area contributed by atoms with Crippen molar-refractivity contribution in [3.63, 3.8) is 0 Å². The number of carbonyl (C=O) groups excluding carboxylic acids is 2. The number of anilines is 2. The van der Waals surface area contributed by atoms with Gasteiger partial charge in [-0.1, -0.05) is 51.1 Å². The molecule has 3 aromatic carbocycles. The molecule has 3 aliphatic carbocycles. The number of nitrogen functional groups attached to an aromatic ring is 1. The summed E-state index contributed by atoms with van der Waals surface area (Å²) in [4.78, 5) is 38.4. The molecule has 11 heteroatoms. The van der Waals surface area contributed by atoms with Gasteiger partial charge in [0.2, 0.25) is 5.91 Å². The summed E-state index contributed by atoms with van der Waals surface area (Å²) in [5.41, 5.74) is 12.2. The van der Waals surface area contributed by atoms with E-state index in [0.717, 1.165) is 34.4 Å². The molecule has 1 heterocycles. The number of hydrogen-bond acceptors (Lipinski definition) is 9. The fraction of sp³-hybridized carbons (Fsp3) is 0.545. The van der Waals surface area contributed by atoms with Crippen LogP contribution in [0, 0.1) is 29.1 Å². The first kappa shape index (κ1) is 40.7. The molecule has 0 unspecified atom stereocenters. The summed E-state index contributed by atoms with van der Waals surface area (Å²) in [7, 11) is 7.89. The highest BCUT2D eigenvalue weighted by Crippen LogP contribution is 2.61. The number of carbonyl (C=O) groups is 2. The van der Waals surface area contributed by atoms with E-state index >= 15 is 0 Å². The van der Waals surface area contributed by atoms with E-state index in [2.05, 4.69) is 42.4 Å². The van der Waals surface area contributed by atoms with Gasteiger partial charge >= 0.3 is 0 Å². The van der Waals surface area contributed by atoms with E-state index in [0.29, 0.717) is 47.4 Å². The molecule has 4 fully saturated rings. The van der Waals surface area contributed by atoms with E-state index in [1.807, 2.05) is 93.8 Å². The van der Waals surface area contributed by atoms with Crippen LogP contribution in [0.5, 0.6) is 0 Å². The molecule has 0 radical (unpaired) electrons. The predicted molar refractivity (Wildman–Crippen MR) is 218 cm³/mol. The lowest BCUT2D eigenvalue weighted by Gasteiger charge is -2.62. The van der Waals surface area contributed by atoms with Gasteiger partial charge in [-0.2, -0.15) is 5.06 Å². The van der Waals surface area contributed by atoms with Crippen molar-refractivity contribution in [2.24, 2.45) is 29.1 Å². The lowest BCUT2D eigenvalue weighted by atomic mass is 9.45. The Labute approximate surface area is 327 Å². The number of hydrogen-bond donors (Lipinski definition) is 5. The first-order valence-corrected chi connectivity index (χ1v) is 19.8. The van der Waals surface area contributed by atoms with Crippen LogP contribution < -0.4 is 21.3 Å². The number of aliphatic hydroxyl groups excluding tert-OH is 2. The van der Waals surface area contributed by atoms with Gasteiger partial charge in [-0.25, -0.2) is 0 Å². The zero-order valence-electron chi connectivity index (χ0n) is 33.8. The minimum absolute atomic E-state index is 0.0583. The largest absolute Gasteiger partial charge is 0.399 e. The predicted octanol–water partition coefficient (Wildman–Crippen LogP) is 4.57. The van der Waals surface area contributed by atoms with Gasteiger partial charge < -0.3 is 36.4 Å². The Balaban J connectivity index is 1.23. The molecule has 0 spiro atoms. The molecule has 4 aliphatic rings. The fourth-order valence-corrected chi connectivity index (χ4v) is 9.56. The highest BCUT2D eigenvalue weighted by molar-refractivity contribution is 5.97. The highest BCUT2D eigenvalue weighted by Gasteiger charge is 2.57. The molecule has 2 bridgehead atoms. The van der Waals surface area contributed by atoms with E-state index in [4.69, 9.17) is 10.6 Å². The zero-order chi connectivity index (χ0) is 39.8. The third-order valence-electron chi connectivity index (χ3n) is 12.7. The molecule has 11 nitrogen and oxygen atoms in total. The number of benzene rings is 3. The topological polar surface area (TPSA) is 144 Å². The van der Waals surface area contributed by atoms with Gasteiger partial charge in [0.25, 0.3) is 5.91 Å². The normalized spacial score (nSPS) is 26.9. The van der Waals surface area contributed by atoms with Gasteiger partial charge in [-0.05, 0) is 122 Å². The van der Waals surface area contributed by atoms with Crippen LogP contribution in [0.1, 0.15) is 62.0 Å². The summed E-state index contributed by atoms with van der Waals surface area (Å²) in [6, 6.07) is 20.8. The van der Waals surface area contributed by atoms with Crippen LogP contribution in [0.3, 0.4) is 0 Å². The maximum Gasteiger partial charge on any atom is 0.251 e. The van der Waals surface area contributed by atoms with Crippen LogP contribution in [0.4, 0.5) is 11.4 Å². The summed E-state index contributed by atoms with van der Waals surface area (Å²) in [6.07, 6.45) is 1.20. The second-order valence-corrected chi connectivity index (χ2v) is 17.5. The molecule has 2 amide bonds. The molecule has 7 rings (SSSR count). The average molecular weight is 755 g/mol. The number of hydroxylamine groups is 2. The number of aliphatic hydroxyl groups is 2. The zero-order valence-corrected chi connectivity index (χ0v) is 33.8. The van der Waals surface area contributed by atoms with Gasteiger partial charge in [-0.15, -0.1) is 0 Å². The second-order valence-electron chi connectivity index (χ2n) is 17.5. The molecule has 9 atom stereocenters. The third-order valence-corrected chi connectivity index (χ3v) is 12.7. The lowest BCUT2D eigenvalue weighted by molar-refractivity contribution is -0.183. The molecule has 1 saturated heterocycles. The van der Waals surface area contributed by atoms with E-state index < -0.39 is 24.2 Å². The summed E-state index contributed by atoms with van der Waals surface area (Å²) in [5, 5.41) is 29.5. The van der Waals surface area contributed by atoms with Crippen molar-refractivity contribution in [2.75, 3.05) is 52.0 Å². The first-order chi connectivity index (χ1) is 26.0. The molecule has 298 valence electrons. The van der Waals surface area contributed by atoms with Crippen molar-refractivity contribution in [3.8, 4) is 11.1 Å². The number of rotatable bonds is 14. The van der Waals surface area contributed by atoms with Crippen LogP contribution in [0.25, 0.3) is 11.1 Å². The minimum atomic E-state index is -0.873. The quantitative estimate of drug-likeness (QED) is 0.150. The van der Waals surface area contributed by atoms with Gasteiger partial charge in [-0.3, -0.25) is 14.4 Å². The Morgan fingerprint density at radius 2 is 1.73 bits per heavy atom. The van der Waals surface area contributed by atoms with Crippen molar-refractivity contribution in [1.29, 1.82) is 0 Å². The number of likely N-dealkylation sites (N-methyl/N-ethyl adjacent to an activating group) is 1. The summed E-state index contributed by atoms with van der Waals surface area (Å²) in [6.45, 7) is 9.20. The standard InChI is InChI=1S/C44H62N6O5/c1-26-37-21-33(44(37,3)4)22-38(26)47-43(54)41-40(27(2)52)39(25-51)55-50(41)23-29-12-9-13-30(15-29)31-18-32(20-36(19-31)49(7)8)42(53)46-35(24-48(5)6)17-28-11-10-14-34(45)16-28/h9-16,18-20,26-27,33,35,37-41,51-52H,17,21-25,45H2,1-8H3,(H,46,53)(H,47,54)/t26-,27-,33+,35-,37-,38-,39-,40+,41-/m0/s1. The minimum Gasteiger partial charge on any atom is -0.399 e. The smallest absolute Gasteiger partial charge is 0.251 e. The molecule has 55 heavy (non-hydrogen) atoms. The molecule has 0 aromatic heterocycles. The molecule has 3 aromatic rings. The van der Waals surface area contributed by atoms with Crippen molar-refractivity contribution in [3.05, 3.63) is 83.4 Å². The summed E-state index contributed by atoms with van der Waals surface area (Å²) >= 11 is 0. The molecular weight excluding hydrogens is 693 g/mol. The number of fused-ring (bicyclic) bond motifs is 2. The van der Waals surface area contributed by atoms with Crippen LogP contribution in [0.15, 0.2) is 66.7 Å². The van der Waals surface area contributed by atoms with Gasteiger partial charge in [0.05, 0.1) is 19.3 Å². The van der Waals surface area contributed by atoms with E-state index in [1.165, 1.54) is 6.42 Å². The van der Waals surface area contributed by atoms with Crippen LogP contribution in [0.2, 0.25) is 0 Å². The molecule has 3 saturated carbocycles. The molecular formula is C44H62N6O5. The SMILES string of the molecule is C[C@@H]1[C@@H](NC(=O)[C@@H]2[C@H]([C@H](C)O)[C@H](CO)ON2Cc2cccc(-c3cc(C(=O)N[C@@H](Cc4cccc(N)c4)CN(C)C)cc(N(C)C)c3)c2)C[C@H]2C[C@@H]1C2(C)C. The number of nitrogens with two attached hydrogens (primary N) is 1. The Morgan fingerprint density at radius 1 is 1.00 bits per heavy atom. The average Bonchev–Trinajstić information content (AvgIpc) is 3.50. The Bertz CT molecular complexity index is 1830. The maximum atomic E-state index is 14.2. The number of amides is 2. The van der Waals surface area contributed by atoms with E-state index in [1.54, 1.807) is 12.0 Å². The molecule has 6 N–H and O–H groups in total. The second kappa shape index (κ2) is 16.6. The van der Waals surface area contributed by atoms with Gasteiger partial charge in [0.15, 0.2) is 0 Å². The first-order valence-electron chi connectivity index (χ1n) is 19.8. The van der Waals surface area contributed by atoms with Crippen LogP contribution in [-0.2, 0) is 22.6 Å². The Hall–Kier alpha value is -4.00. The van der Waals surface area contributed by atoms with Crippen molar-refractivity contribution < 1.29 is 24.6 Å². The monoisotopic (exact) mass is 754 g/mol. The van der Waals surface area contributed by atoms with Crippen molar-refractivity contribution in [1.82, 2.24) is 20.6 Å². The van der Waals surface area contributed by atoms with Crippen LogP contribution in [-0.4, -0.2) is 104 Å². The van der Waals surface area contributed by atoms with Crippen LogP contribution >= 0.6 is 0 Å². The van der Waals surface area contributed by atoms with Crippen molar-refractivity contribution in [2.45, 2.75) is 83.8 Å². The fourth-order valence-electron chi connectivity index (χ4n) is 9.56. The number of nitrogens with zero attached hydrogens (tertiary/aromatic N) is 3. The highest BCUT2D eigenvalue weighted by atomic mass is 16.7. The Kier molecular flexibility index (Phi) is 12.3. The maximum absolute atomic E-state index is 14.2. The van der Waals surface area contributed by atoms with E-state index in [-0.39, 0.29) is 37.0 Å². The third kappa shape index (κ3) is 8.86. The van der Waals surface area contributed by atoms with Crippen molar-refractivity contribution >= 4 is 23.2 Å². The van der Waals surface area contributed by atoms with Gasteiger partial charge in [0, 0.05) is 55.6 Å². The number of nitrogens with one attached hydrogen (secondary N) is 2. The van der Waals surface area contributed by atoms with E-state index in [9.17, 15) is 19.8 Å². The van der Waals surface area contributed by atoms with Gasteiger partial charge in [0.1, 0.15) is 12.1 Å². The lowest BCUT2D eigenvalue weighted by Crippen LogP contribution is -2.62. The molecule has 1 aliphatic heterocycles. The Morgan fingerprint density at radius 3 is 2.36 bits per heavy atom. The summed E-state index contributed by atoms with van der Waals surface area (Å²) < 4.78 is 0.